The zero-order valence-corrected chi connectivity index (χ0v) is 10.2. The average Bonchev–Trinajstić information content (AvgIpc) is 2.92. The van der Waals surface area contributed by atoms with Gasteiger partial charge in [0.25, 0.3) is 5.91 Å². The van der Waals surface area contributed by atoms with Crippen molar-refractivity contribution in [3.05, 3.63) is 60.6 Å². The Kier molecular flexibility index (Phi) is 3.97. The second-order valence-corrected chi connectivity index (χ2v) is 3.77. The van der Waals surface area contributed by atoms with Gasteiger partial charge in [0.15, 0.2) is 0 Å². The van der Waals surface area contributed by atoms with E-state index in [1.54, 1.807) is 23.3 Å². The van der Waals surface area contributed by atoms with Crippen LogP contribution in [0, 0.1) is 0 Å². The lowest BCUT2D eigenvalue weighted by atomic mass is 10.2. The third-order valence-corrected chi connectivity index (χ3v) is 2.58. The summed E-state index contributed by atoms with van der Waals surface area (Å²) < 4.78 is 5.15. The zero-order chi connectivity index (χ0) is 12.8. The third kappa shape index (κ3) is 2.88. The fourth-order valence-corrected chi connectivity index (χ4v) is 1.70. The largest absolute Gasteiger partial charge is 0.465 e. The molecule has 0 N–H and O–H groups in total. The number of rotatable bonds is 4. The lowest BCUT2D eigenvalue weighted by Gasteiger charge is -2.18. The van der Waals surface area contributed by atoms with E-state index in [9.17, 15) is 4.79 Å². The monoisotopic (exact) mass is 241 g/mol. The normalized spacial score (nSPS) is 10.7. The molecule has 0 aliphatic heterocycles. The van der Waals surface area contributed by atoms with Crippen LogP contribution in [0.4, 0.5) is 5.69 Å². The molecule has 0 spiro atoms. The topological polar surface area (TPSA) is 33.5 Å². The van der Waals surface area contributed by atoms with Crippen molar-refractivity contribution in [2.24, 2.45) is 0 Å². The first kappa shape index (κ1) is 12.2. The van der Waals surface area contributed by atoms with Gasteiger partial charge in [-0.1, -0.05) is 18.2 Å². The minimum absolute atomic E-state index is 0.0555. The Morgan fingerprint density at radius 2 is 2.00 bits per heavy atom. The summed E-state index contributed by atoms with van der Waals surface area (Å²) in [6, 6.07) is 13.2. The molecule has 0 bridgehead atoms. The molecular formula is C15H15NO2. The number of benzene rings is 1. The summed E-state index contributed by atoms with van der Waals surface area (Å²) >= 11 is 0. The van der Waals surface area contributed by atoms with E-state index in [0.29, 0.717) is 12.3 Å². The predicted octanol–water partition coefficient (Wildman–Crippen LogP) is 3.35. The zero-order valence-electron chi connectivity index (χ0n) is 10.2. The molecule has 0 saturated carbocycles. The Labute approximate surface area is 106 Å². The highest BCUT2D eigenvalue weighted by molar-refractivity contribution is 6.03. The third-order valence-electron chi connectivity index (χ3n) is 2.58. The molecule has 1 heterocycles. The lowest BCUT2D eigenvalue weighted by molar-refractivity contribution is -0.114. The van der Waals surface area contributed by atoms with E-state index in [4.69, 9.17) is 4.42 Å². The van der Waals surface area contributed by atoms with Crippen LogP contribution in [0.15, 0.2) is 59.2 Å². The molecule has 0 fully saturated rings. The van der Waals surface area contributed by atoms with Crippen molar-refractivity contribution in [1.82, 2.24) is 0 Å². The summed E-state index contributed by atoms with van der Waals surface area (Å²) in [6.07, 6.45) is 4.78. The molecule has 0 unspecified atom stereocenters. The first-order valence-electron chi connectivity index (χ1n) is 5.89. The second kappa shape index (κ2) is 5.87. The smallest absolute Gasteiger partial charge is 0.251 e. The molecule has 1 amide bonds. The van der Waals surface area contributed by atoms with Crippen molar-refractivity contribution in [2.45, 2.75) is 6.92 Å². The molecule has 18 heavy (non-hydrogen) atoms. The van der Waals surface area contributed by atoms with Gasteiger partial charge in [0.1, 0.15) is 5.76 Å². The van der Waals surface area contributed by atoms with E-state index >= 15 is 0 Å². The predicted molar refractivity (Wildman–Crippen MR) is 72.2 cm³/mol. The molecule has 1 aromatic carbocycles. The fourth-order valence-electron chi connectivity index (χ4n) is 1.70. The fraction of sp³-hybridized carbons (Fsp3) is 0.133. The molecule has 2 rings (SSSR count). The SMILES string of the molecule is CCN(C(=O)/C=C\c1ccco1)c1ccccc1. The van der Waals surface area contributed by atoms with Crippen LogP contribution in [0.5, 0.6) is 0 Å². The maximum absolute atomic E-state index is 12.1. The van der Waals surface area contributed by atoms with Gasteiger partial charge < -0.3 is 9.32 Å². The first-order chi connectivity index (χ1) is 8.81. The standard InChI is InChI=1S/C15H15NO2/c1-2-16(13-7-4-3-5-8-13)15(17)11-10-14-9-6-12-18-14/h3-12H,2H2,1H3/b11-10-. The van der Waals surface area contributed by atoms with Gasteiger partial charge in [0, 0.05) is 18.3 Å². The number of amides is 1. The number of para-hydroxylation sites is 1. The number of nitrogens with zero attached hydrogens (tertiary/aromatic N) is 1. The summed E-state index contributed by atoms with van der Waals surface area (Å²) in [5.41, 5.74) is 0.897. The van der Waals surface area contributed by atoms with E-state index in [1.807, 2.05) is 43.3 Å². The maximum atomic E-state index is 12.1. The van der Waals surface area contributed by atoms with Gasteiger partial charge in [0.05, 0.1) is 6.26 Å². The number of hydrogen-bond acceptors (Lipinski definition) is 2. The molecule has 0 aliphatic carbocycles. The number of hydrogen-bond donors (Lipinski definition) is 0. The van der Waals surface area contributed by atoms with Crippen LogP contribution in [-0.2, 0) is 4.79 Å². The van der Waals surface area contributed by atoms with Gasteiger partial charge in [-0.2, -0.15) is 0 Å². The second-order valence-electron chi connectivity index (χ2n) is 3.77. The molecule has 0 radical (unpaired) electrons. The molecule has 92 valence electrons. The van der Waals surface area contributed by atoms with E-state index in [-0.39, 0.29) is 5.91 Å². The van der Waals surface area contributed by atoms with Crippen LogP contribution in [0.1, 0.15) is 12.7 Å². The summed E-state index contributed by atoms with van der Waals surface area (Å²) in [7, 11) is 0. The van der Waals surface area contributed by atoms with Crippen molar-refractivity contribution in [3.63, 3.8) is 0 Å². The van der Waals surface area contributed by atoms with Crippen molar-refractivity contribution in [1.29, 1.82) is 0 Å². The van der Waals surface area contributed by atoms with Gasteiger partial charge in [0.2, 0.25) is 0 Å². The number of furan rings is 1. The van der Waals surface area contributed by atoms with Crippen molar-refractivity contribution in [3.8, 4) is 0 Å². The molecule has 1 aromatic heterocycles. The Bertz CT molecular complexity index is 515. The number of carbonyl (C=O) groups is 1. The molecular weight excluding hydrogens is 226 g/mol. The van der Waals surface area contributed by atoms with Crippen molar-refractivity contribution >= 4 is 17.7 Å². The van der Waals surface area contributed by atoms with Crippen LogP contribution in [0.25, 0.3) is 6.08 Å². The van der Waals surface area contributed by atoms with Crippen LogP contribution in [0.3, 0.4) is 0 Å². The highest BCUT2D eigenvalue weighted by Crippen LogP contribution is 2.14. The maximum Gasteiger partial charge on any atom is 0.251 e. The molecule has 3 heteroatoms. The Morgan fingerprint density at radius 3 is 2.61 bits per heavy atom. The minimum atomic E-state index is -0.0555. The van der Waals surface area contributed by atoms with E-state index in [2.05, 4.69) is 0 Å². The molecule has 0 saturated heterocycles. The average molecular weight is 241 g/mol. The van der Waals surface area contributed by atoms with Crippen LogP contribution in [-0.4, -0.2) is 12.5 Å². The Hall–Kier alpha value is -2.29. The van der Waals surface area contributed by atoms with Crippen LogP contribution in [0.2, 0.25) is 0 Å². The minimum Gasteiger partial charge on any atom is -0.465 e. The highest BCUT2D eigenvalue weighted by atomic mass is 16.3. The lowest BCUT2D eigenvalue weighted by Crippen LogP contribution is -2.28. The Balaban J connectivity index is 2.11. The van der Waals surface area contributed by atoms with Gasteiger partial charge >= 0.3 is 0 Å². The van der Waals surface area contributed by atoms with Gasteiger partial charge in [-0.15, -0.1) is 0 Å². The number of carbonyl (C=O) groups excluding carboxylic acids is 1. The van der Waals surface area contributed by atoms with Crippen LogP contribution < -0.4 is 4.90 Å². The molecule has 0 aliphatic rings. The van der Waals surface area contributed by atoms with Crippen molar-refractivity contribution < 1.29 is 9.21 Å². The van der Waals surface area contributed by atoms with Gasteiger partial charge in [-0.05, 0) is 37.3 Å². The van der Waals surface area contributed by atoms with E-state index < -0.39 is 0 Å². The van der Waals surface area contributed by atoms with E-state index in [1.165, 1.54) is 6.08 Å². The van der Waals surface area contributed by atoms with Gasteiger partial charge in [-0.25, -0.2) is 0 Å². The summed E-state index contributed by atoms with van der Waals surface area (Å²) in [5.74, 6) is 0.618. The summed E-state index contributed by atoms with van der Waals surface area (Å²) in [6.45, 7) is 2.58. The van der Waals surface area contributed by atoms with Crippen molar-refractivity contribution in [2.75, 3.05) is 11.4 Å². The first-order valence-corrected chi connectivity index (χ1v) is 5.89. The molecule has 3 nitrogen and oxygen atoms in total. The summed E-state index contributed by atoms with van der Waals surface area (Å²) in [4.78, 5) is 13.8. The highest BCUT2D eigenvalue weighted by Gasteiger charge is 2.10. The quantitative estimate of drug-likeness (QED) is 0.769. The molecule has 2 aromatic rings. The Morgan fingerprint density at radius 1 is 1.22 bits per heavy atom. The van der Waals surface area contributed by atoms with Crippen LogP contribution >= 0.6 is 0 Å². The van der Waals surface area contributed by atoms with E-state index in [0.717, 1.165) is 5.69 Å². The molecule has 0 atom stereocenters. The van der Waals surface area contributed by atoms with Gasteiger partial charge in [-0.3, -0.25) is 4.79 Å². The summed E-state index contributed by atoms with van der Waals surface area (Å²) in [5, 5.41) is 0. The number of likely N-dealkylation sites (N-methyl/N-ethyl adjacent to an activating group) is 1. The number of anilines is 1.